The van der Waals surface area contributed by atoms with Gasteiger partial charge in [-0.25, -0.2) is 0 Å². The zero-order valence-corrected chi connectivity index (χ0v) is 11.7. The van der Waals surface area contributed by atoms with Gasteiger partial charge < -0.3 is 10.7 Å². The molecule has 0 aliphatic heterocycles. The molecular formula is C16H23N3. The highest BCUT2D eigenvalue weighted by atomic mass is 15.2. The fourth-order valence-electron chi connectivity index (χ4n) is 2.44. The summed E-state index contributed by atoms with van der Waals surface area (Å²) in [7, 11) is 0. The van der Waals surface area contributed by atoms with Crippen molar-refractivity contribution in [1.29, 1.82) is 0 Å². The summed E-state index contributed by atoms with van der Waals surface area (Å²) in [5, 5.41) is 0. The number of aromatic nitrogens is 1. The number of nitrogens with zero attached hydrogens (tertiary/aromatic N) is 1. The fraction of sp³-hybridized carbons (Fsp3) is 0.375. The monoisotopic (exact) mass is 257 g/mol. The molecule has 0 saturated carbocycles. The number of rotatable bonds is 6. The van der Waals surface area contributed by atoms with Crippen molar-refractivity contribution in [3.8, 4) is 0 Å². The minimum Gasteiger partial charge on any atom is -0.364 e. The van der Waals surface area contributed by atoms with Crippen molar-refractivity contribution in [2.75, 3.05) is 6.54 Å². The van der Waals surface area contributed by atoms with Crippen LogP contribution in [-0.2, 0) is 6.54 Å². The predicted molar refractivity (Wildman–Crippen MR) is 79.7 cm³/mol. The minimum atomic E-state index is 0.232. The van der Waals surface area contributed by atoms with Gasteiger partial charge >= 0.3 is 0 Å². The van der Waals surface area contributed by atoms with Gasteiger partial charge in [-0.15, -0.1) is 0 Å². The van der Waals surface area contributed by atoms with E-state index in [0.717, 1.165) is 6.54 Å². The van der Waals surface area contributed by atoms with Gasteiger partial charge in [0.15, 0.2) is 0 Å². The molecule has 3 N–H and O–H groups in total. The lowest BCUT2D eigenvalue weighted by Crippen LogP contribution is -2.38. The molecule has 102 valence electrons. The molecule has 19 heavy (non-hydrogen) atoms. The maximum Gasteiger partial charge on any atom is 0.0627 e. The predicted octanol–water partition coefficient (Wildman–Crippen LogP) is 2.93. The third-order valence-corrected chi connectivity index (χ3v) is 3.48. The van der Waals surface area contributed by atoms with Gasteiger partial charge in [0.2, 0.25) is 0 Å². The van der Waals surface area contributed by atoms with Gasteiger partial charge in [0.1, 0.15) is 0 Å². The molecule has 3 nitrogen and oxygen atoms in total. The Kier molecular flexibility index (Phi) is 4.77. The van der Waals surface area contributed by atoms with E-state index in [0.29, 0.717) is 12.6 Å². The summed E-state index contributed by atoms with van der Waals surface area (Å²) >= 11 is 0. The number of hydrogen-bond acceptors (Lipinski definition) is 2. The Morgan fingerprint density at radius 3 is 2.37 bits per heavy atom. The summed E-state index contributed by atoms with van der Waals surface area (Å²) in [4.78, 5) is 5.72. The summed E-state index contributed by atoms with van der Waals surface area (Å²) in [6.07, 6.45) is 1.96. The first-order valence-corrected chi connectivity index (χ1v) is 6.85. The number of nitrogens with two attached hydrogens (primary N) is 1. The maximum atomic E-state index is 5.99. The molecule has 2 rings (SSSR count). The molecule has 0 spiro atoms. The van der Waals surface area contributed by atoms with Crippen LogP contribution >= 0.6 is 0 Å². The first-order chi connectivity index (χ1) is 9.22. The van der Waals surface area contributed by atoms with Crippen LogP contribution in [0.15, 0.2) is 48.7 Å². The largest absolute Gasteiger partial charge is 0.364 e. The highest BCUT2D eigenvalue weighted by Gasteiger charge is 2.22. The first kappa shape index (κ1) is 13.8. The SMILES string of the molecule is CC(C)N(Cc1ccccc1)C(CN)c1ccc[nH]1. The van der Waals surface area contributed by atoms with Crippen LogP contribution in [0.4, 0.5) is 0 Å². The quantitative estimate of drug-likeness (QED) is 0.835. The van der Waals surface area contributed by atoms with E-state index in [1.54, 1.807) is 0 Å². The van der Waals surface area contributed by atoms with E-state index in [1.807, 2.05) is 12.3 Å². The number of hydrogen-bond donors (Lipinski definition) is 2. The molecule has 2 aromatic rings. The van der Waals surface area contributed by atoms with Crippen LogP contribution in [0.25, 0.3) is 0 Å². The smallest absolute Gasteiger partial charge is 0.0627 e. The van der Waals surface area contributed by atoms with E-state index in [1.165, 1.54) is 11.3 Å². The number of benzene rings is 1. The molecule has 0 radical (unpaired) electrons. The van der Waals surface area contributed by atoms with Gasteiger partial charge in [0, 0.05) is 31.0 Å². The summed E-state index contributed by atoms with van der Waals surface area (Å²) < 4.78 is 0. The number of nitrogens with one attached hydrogen (secondary N) is 1. The Labute approximate surface area is 115 Å². The van der Waals surface area contributed by atoms with Crippen LogP contribution < -0.4 is 5.73 Å². The van der Waals surface area contributed by atoms with Crippen molar-refractivity contribution in [2.24, 2.45) is 5.73 Å². The fourth-order valence-corrected chi connectivity index (χ4v) is 2.44. The Morgan fingerprint density at radius 2 is 1.84 bits per heavy atom. The van der Waals surface area contributed by atoms with Gasteiger partial charge in [-0.05, 0) is 31.5 Å². The number of H-pyrrole nitrogens is 1. The highest BCUT2D eigenvalue weighted by Crippen LogP contribution is 2.23. The summed E-state index contributed by atoms with van der Waals surface area (Å²) in [6.45, 7) is 5.97. The molecule has 0 fully saturated rings. The average molecular weight is 257 g/mol. The van der Waals surface area contributed by atoms with Crippen LogP contribution in [0, 0.1) is 0 Å². The van der Waals surface area contributed by atoms with Gasteiger partial charge in [0.05, 0.1) is 6.04 Å². The molecule has 0 aliphatic rings. The Balaban J connectivity index is 2.19. The van der Waals surface area contributed by atoms with Gasteiger partial charge in [-0.2, -0.15) is 0 Å². The highest BCUT2D eigenvalue weighted by molar-refractivity contribution is 5.16. The van der Waals surface area contributed by atoms with E-state index in [2.05, 4.69) is 60.1 Å². The van der Waals surface area contributed by atoms with E-state index in [4.69, 9.17) is 5.73 Å². The topological polar surface area (TPSA) is 45.0 Å². The van der Waals surface area contributed by atoms with Crippen molar-refractivity contribution in [3.05, 3.63) is 59.9 Å². The van der Waals surface area contributed by atoms with E-state index in [-0.39, 0.29) is 6.04 Å². The summed E-state index contributed by atoms with van der Waals surface area (Å²) in [6, 6.07) is 15.4. The molecule has 1 aromatic carbocycles. The molecule has 1 unspecified atom stereocenters. The van der Waals surface area contributed by atoms with Crippen LogP contribution in [0.5, 0.6) is 0 Å². The van der Waals surface area contributed by atoms with Crippen molar-refractivity contribution in [2.45, 2.75) is 32.5 Å². The minimum absolute atomic E-state index is 0.232. The molecular weight excluding hydrogens is 234 g/mol. The Bertz CT molecular complexity index is 462. The number of aromatic amines is 1. The second-order valence-electron chi connectivity index (χ2n) is 5.13. The van der Waals surface area contributed by atoms with Crippen LogP contribution in [0.1, 0.15) is 31.1 Å². The molecule has 1 heterocycles. The maximum absolute atomic E-state index is 5.99. The zero-order valence-electron chi connectivity index (χ0n) is 11.7. The lowest BCUT2D eigenvalue weighted by atomic mass is 10.1. The van der Waals surface area contributed by atoms with E-state index >= 15 is 0 Å². The normalized spacial score (nSPS) is 13.1. The van der Waals surface area contributed by atoms with Crippen LogP contribution in [0.2, 0.25) is 0 Å². The second-order valence-corrected chi connectivity index (χ2v) is 5.13. The van der Waals surface area contributed by atoms with Crippen molar-refractivity contribution < 1.29 is 0 Å². The van der Waals surface area contributed by atoms with Crippen LogP contribution in [0.3, 0.4) is 0 Å². The molecule has 0 aliphatic carbocycles. The first-order valence-electron chi connectivity index (χ1n) is 6.85. The molecule has 3 heteroatoms. The van der Waals surface area contributed by atoms with Crippen molar-refractivity contribution in [3.63, 3.8) is 0 Å². The third kappa shape index (κ3) is 3.46. The average Bonchev–Trinajstić information content (AvgIpc) is 2.93. The molecule has 0 saturated heterocycles. The van der Waals surface area contributed by atoms with E-state index in [9.17, 15) is 0 Å². The third-order valence-electron chi connectivity index (χ3n) is 3.48. The van der Waals surface area contributed by atoms with Crippen molar-refractivity contribution >= 4 is 0 Å². The Morgan fingerprint density at radius 1 is 1.11 bits per heavy atom. The van der Waals surface area contributed by atoms with Crippen LogP contribution in [-0.4, -0.2) is 22.5 Å². The zero-order chi connectivity index (χ0) is 13.7. The lowest BCUT2D eigenvalue weighted by Gasteiger charge is -2.34. The molecule has 1 atom stereocenters. The molecule has 0 bridgehead atoms. The van der Waals surface area contributed by atoms with E-state index < -0.39 is 0 Å². The molecule has 0 amide bonds. The standard InChI is InChI=1S/C16H23N3/c1-13(2)19(12-14-7-4-3-5-8-14)16(11-17)15-9-6-10-18-15/h3-10,13,16,18H,11-12,17H2,1-2H3. The molecule has 1 aromatic heterocycles. The Hall–Kier alpha value is -1.58. The second kappa shape index (κ2) is 6.55. The van der Waals surface area contributed by atoms with Gasteiger partial charge in [-0.1, -0.05) is 30.3 Å². The van der Waals surface area contributed by atoms with Gasteiger partial charge in [0.25, 0.3) is 0 Å². The van der Waals surface area contributed by atoms with Gasteiger partial charge in [-0.3, -0.25) is 4.90 Å². The lowest BCUT2D eigenvalue weighted by molar-refractivity contribution is 0.145. The summed E-state index contributed by atoms with van der Waals surface area (Å²) in [5.41, 5.74) is 8.50. The van der Waals surface area contributed by atoms with Crippen molar-refractivity contribution in [1.82, 2.24) is 9.88 Å². The summed E-state index contributed by atoms with van der Waals surface area (Å²) in [5.74, 6) is 0.